The third kappa shape index (κ3) is 9.12. The molecule has 4 aromatic heterocycles. The molecule has 15 aromatic carbocycles. The second-order valence-electron chi connectivity index (χ2n) is 31.7. The quantitative estimate of drug-likeness (QED) is 0.144. The molecule has 108 heavy (non-hydrogen) atoms. The van der Waals surface area contributed by atoms with Gasteiger partial charge in [0.25, 0.3) is 0 Å². The van der Waals surface area contributed by atoms with Gasteiger partial charge in [-0.15, -0.1) is 0 Å². The van der Waals surface area contributed by atoms with E-state index in [1.807, 2.05) is 0 Å². The summed E-state index contributed by atoms with van der Waals surface area (Å²) in [6.45, 7) is 14.1. The van der Waals surface area contributed by atoms with Crippen molar-refractivity contribution in [1.82, 2.24) is 23.7 Å². The Bertz CT molecular complexity index is 6810. The number of aromatic nitrogens is 5. The fraction of sp³-hybridized carbons (Fsp3) is 0.0874. The summed E-state index contributed by atoms with van der Waals surface area (Å²) in [6.07, 6.45) is 0. The van der Waals surface area contributed by atoms with E-state index >= 15 is 0 Å². The van der Waals surface area contributed by atoms with Gasteiger partial charge in [-0.25, -0.2) is 4.98 Å². The third-order valence-electron chi connectivity index (χ3n) is 24.8. The van der Waals surface area contributed by atoms with Crippen molar-refractivity contribution < 1.29 is 0 Å². The molecule has 5 heteroatoms. The van der Waals surface area contributed by atoms with E-state index in [1.54, 1.807) is 0 Å². The van der Waals surface area contributed by atoms with E-state index in [0.29, 0.717) is 5.95 Å². The lowest BCUT2D eigenvalue weighted by molar-refractivity contribution is 0.660. The highest BCUT2D eigenvalue weighted by Gasteiger charge is 2.38. The molecule has 3 aliphatic carbocycles. The maximum atomic E-state index is 5.74. The third-order valence-corrected chi connectivity index (χ3v) is 24.8. The van der Waals surface area contributed by atoms with Crippen molar-refractivity contribution in [2.45, 2.75) is 57.8 Å². The molecule has 0 unspecified atom stereocenters. The van der Waals surface area contributed by atoms with Crippen LogP contribution in [0.5, 0.6) is 0 Å². The number of para-hydroxylation sites is 3. The van der Waals surface area contributed by atoms with Crippen LogP contribution in [0.1, 0.15) is 74.9 Å². The molecule has 0 amide bonds. The van der Waals surface area contributed by atoms with Gasteiger partial charge < -0.3 is 4.57 Å². The summed E-state index contributed by atoms with van der Waals surface area (Å²) in [5, 5.41) is 7.11. The van der Waals surface area contributed by atoms with E-state index < -0.39 is 0 Å². The first-order valence-corrected chi connectivity index (χ1v) is 37.8. The summed E-state index contributed by atoms with van der Waals surface area (Å²) < 4.78 is 7.04. The first kappa shape index (κ1) is 62.2. The molecule has 0 saturated carbocycles. The second-order valence-corrected chi connectivity index (χ2v) is 31.7. The van der Waals surface area contributed by atoms with Gasteiger partial charge in [0.05, 0.1) is 38.8 Å². The number of hydrogen-bond donors (Lipinski definition) is 0. The molecule has 510 valence electrons. The second kappa shape index (κ2) is 22.9. The number of nitrogens with zero attached hydrogens (tertiary/aromatic N) is 5. The molecule has 19 aromatic rings. The summed E-state index contributed by atoms with van der Waals surface area (Å²) in [5.74, 6) is 1.38. The number of hydrogen-bond acceptors (Lipinski definition) is 2. The van der Waals surface area contributed by atoms with Gasteiger partial charge in [0, 0.05) is 65.9 Å². The molecular formula is C103H73N5. The number of benzene rings is 15. The maximum Gasteiger partial charge on any atom is 0.237 e. The molecule has 0 bridgehead atoms. The van der Waals surface area contributed by atoms with Crippen LogP contribution < -0.4 is 0 Å². The average Bonchev–Trinajstić information content (AvgIpc) is 1.60. The largest absolute Gasteiger partial charge is 0.309 e. The Morgan fingerprint density at radius 2 is 0.491 bits per heavy atom. The predicted octanol–water partition coefficient (Wildman–Crippen LogP) is 26.7. The highest BCUT2D eigenvalue weighted by Crippen LogP contribution is 2.54. The molecule has 0 N–H and O–H groups in total. The standard InChI is InChI=1S/C103H73N5/c1-101(2)86-25-13-7-19-74(86)80-55-67(41-49-89(80)101)70-44-52-96-83(58-70)77-22-10-16-28-93(77)106(96)73-47-39-65(40-48-73)63-33-31-62(32-34-63)64-35-37-66(38-36-64)92-61-99(107-94-29-17-11-23-78(94)84-59-71(45-53-97(84)107)68-42-50-90-81(56-68)75-20-8-14-26-87(75)102(90,3)4)105-100(104-92)108-95-30-18-12-24-79(95)85-60-72(46-54-98(85)108)69-43-51-91-82(57-69)76-21-9-15-27-88(76)103(91,5)6/h7-61H,1-6H3. The minimum absolute atomic E-state index is 0.0267. The van der Waals surface area contributed by atoms with E-state index in [4.69, 9.17) is 9.97 Å². The molecule has 0 fully saturated rings. The number of rotatable bonds is 9. The van der Waals surface area contributed by atoms with Gasteiger partial charge >= 0.3 is 0 Å². The monoisotopic (exact) mass is 1380 g/mol. The Balaban J connectivity index is 0.618. The van der Waals surface area contributed by atoms with Gasteiger partial charge in [0.1, 0.15) is 5.82 Å². The Morgan fingerprint density at radius 1 is 0.204 bits per heavy atom. The summed E-state index contributed by atoms with van der Waals surface area (Å²) in [6, 6.07) is 124. The van der Waals surface area contributed by atoms with Gasteiger partial charge in [-0.2, -0.15) is 4.98 Å². The van der Waals surface area contributed by atoms with Gasteiger partial charge in [-0.1, -0.05) is 284 Å². The zero-order valence-corrected chi connectivity index (χ0v) is 61.0. The van der Waals surface area contributed by atoms with Crippen LogP contribution in [0.4, 0.5) is 0 Å². The predicted molar refractivity (Wildman–Crippen MR) is 450 cm³/mol. The van der Waals surface area contributed by atoms with Gasteiger partial charge in [-0.05, 0) is 207 Å². The van der Waals surface area contributed by atoms with Crippen molar-refractivity contribution in [1.29, 1.82) is 0 Å². The van der Waals surface area contributed by atoms with Crippen LogP contribution in [-0.4, -0.2) is 23.7 Å². The topological polar surface area (TPSA) is 40.6 Å². The SMILES string of the molecule is CC1(C)c2ccccc2-c2cc(-c3ccc4c(c3)c3ccccc3n4-c3ccc(-c4ccc(-c5ccc(-c6cc(-n7c8ccccc8c8cc(-c9ccc%10c(c9)-c9ccccc9C%10(C)C)ccc87)nc(-n7c8ccccc8c8cc(-c9ccc%10c(c9)-c9ccccc9C%10(C)C)ccc87)n6)cc5)cc4)cc3)ccc21. The zero-order chi connectivity index (χ0) is 72.1. The van der Waals surface area contributed by atoms with Gasteiger partial charge in [-0.3, -0.25) is 9.13 Å². The van der Waals surface area contributed by atoms with E-state index in [2.05, 4.69) is 389 Å². The molecule has 5 nitrogen and oxygen atoms in total. The van der Waals surface area contributed by atoms with Crippen LogP contribution in [0, 0.1) is 0 Å². The van der Waals surface area contributed by atoms with E-state index in [0.717, 1.165) is 88.6 Å². The lowest BCUT2D eigenvalue weighted by Gasteiger charge is -2.21. The van der Waals surface area contributed by atoms with Crippen LogP contribution in [0.3, 0.4) is 0 Å². The van der Waals surface area contributed by atoms with Crippen LogP contribution >= 0.6 is 0 Å². The Labute approximate surface area is 627 Å². The van der Waals surface area contributed by atoms with Crippen LogP contribution in [-0.2, 0) is 16.2 Å². The highest BCUT2D eigenvalue weighted by molar-refractivity contribution is 6.13. The normalized spacial score (nSPS) is 14.1. The lowest BCUT2D eigenvalue weighted by atomic mass is 9.82. The van der Waals surface area contributed by atoms with E-state index in [1.165, 1.54) is 122 Å². The zero-order valence-electron chi connectivity index (χ0n) is 61.0. The fourth-order valence-corrected chi connectivity index (χ4v) is 19.2. The Hall–Kier alpha value is -13.2. The summed E-state index contributed by atoms with van der Waals surface area (Å²) in [7, 11) is 0. The molecular weight excluding hydrogens is 1310 g/mol. The first-order chi connectivity index (χ1) is 52.8. The molecule has 0 saturated heterocycles. The van der Waals surface area contributed by atoms with E-state index in [9.17, 15) is 0 Å². The van der Waals surface area contributed by atoms with Crippen molar-refractivity contribution in [2.75, 3.05) is 0 Å². The molecule has 3 aliphatic rings. The van der Waals surface area contributed by atoms with Crippen molar-refractivity contribution in [3.05, 3.63) is 367 Å². The first-order valence-electron chi connectivity index (χ1n) is 37.8. The summed E-state index contributed by atoms with van der Waals surface area (Å²) in [4.78, 5) is 11.4. The van der Waals surface area contributed by atoms with Crippen molar-refractivity contribution in [3.8, 4) is 118 Å². The van der Waals surface area contributed by atoms with Crippen molar-refractivity contribution in [3.63, 3.8) is 0 Å². The molecule has 22 rings (SSSR count). The smallest absolute Gasteiger partial charge is 0.237 e. The van der Waals surface area contributed by atoms with Crippen LogP contribution in [0.15, 0.2) is 334 Å². The van der Waals surface area contributed by atoms with Crippen molar-refractivity contribution in [2.24, 2.45) is 0 Å². The van der Waals surface area contributed by atoms with E-state index in [-0.39, 0.29) is 16.2 Å². The molecule has 0 atom stereocenters. The molecule has 0 spiro atoms. The lowest BCUT2D eigenvalue weighted by Crippen LogP contribution is -2.14. The summed E-state index contributed by atoms with van der Waals surface area (Å²) in [5.41, 5.74) is 37.4. The minimum Gasteiger partial charge on any atom is -0.309 e. The van der Waals surface area contributed by atoms with Gasteiger partial charge in [0.15, 0.2) is 0 Å². The highest BCUT2D eigenvalue weighted by atomic mass is 15.2. The Morgan fingerprint density at radius 3 is 0.907 bits per heavy atom. The molecule has 0 aliphatic heterocycles. The Kier molecular flexibility index (Phi) is 13.2. The van der Waals surface area contributed by atoms with Crippen LogP contribution in [0.2, 0.25) is 0 Å². The number of fused-ring (bicyclic) bond motifs is 18. The van der Waals surface area contributed by atoms with Crippen LogP contribution in [0.25, 0.3) is 183 Å². The van der Waals surface area contributed by atoms with Crippen molar-refractivity contribution >= 4 is 65.4 Å². The minimum atomic E-state index is -0.0700. The molecule has 4 heterocycles. The average molecular weight is 1380 g/mol. The molecule has 0 radical (unpaired) electrons. The maximum absolute atomic E-state index is 5.74. The fourth-order valence-electron chi connectivity index (χ4n) is 19.2. The summed E-state index contributed by atoms with van der Waals surface area (Å²) >= 11 is 0. The van der Waals surface area contributed by atoms with Gasteiger partial charge in [0.2, 0.25) is 5.95 Å².